The number of pyridine rings is 1. The first kappa shape index (κ1) is 14.5. The number of hydrogen-bond donors (Lipinski definition) is 0. The first-order valence-corrected chi connectivity index (χ1v) is 8.26. The van der Waals surface area contributed by atoms with Crippen molar-refractivity contribution < 1.29 is 0 Å². The van der Waals surface area contributed by atoms with Crippen LogP contribution >= 0.6 is 0 Å². The molecule has 2 aromatic rings. The summed E-state index contributed by atoms with van der Waals surface area (Å²) in [4.78, 5) is 12.0. The third-order valence-corrected chi connectivity index (χ3v) is 4.60. The van der Waals surface area contributed by atoms with Gasteiger partial charge in [-0.05, 0) is 38.1 Å². The standard InChI is InChI=1S/C17H26N4/c1-4-20-11-6-5-8-14(20)12-21-16(13(2)3)19-15-9-7-10-18-17(15)21/h7,9-10,13-14H,4-6,8,11-12H2,1-3H3. The van der Waals surface area contributed by atoms with E-state index in [0.717, 1.165) is 24.3 Å². The van der Waals surface area contributed by atoms with Crippen LogP contribution in [0.5, 0.6) is 0 Å². The van der Waals surface area contributed by atoms with Crippen molar-refractivity contribution in [2.45, 2.75) is 58.5 Å². The predicted octanol–water partition coefficient (Wildman–Crippen LogP) is 3.43. The zero-order chi connectivity index (χ0) is 14.8. The van der Waals surface area contributed by atoms with Crippen LogP contribution in [0.2, 0.25) is 0 Å². The minimum atomic E-state index is 0.429. The van der Waals surface area contributed by atoms with Crippen LogP contribution in [0.4, 0.5) is 0 Å². The number of likely N-dealkylation sites (tertiary alicyclic amines) is 1. The smallest absolute Gasteiger partial charge is 0.160 e. The molecule has 1 aliphatic rings. The van der Waals surface area contributed by atoms with E-state index in [1.165, 1.54) is 31.6 Å². The largest absolute Gasteiger partial charge is 0.311 e. The quantitative estimate of drug-likeness (QED) is 0.863. The summed E-state index contributed by atoms with van der Waals surface area (Å²) >= 11 is 0. The highest BCUT2D eigenvalue weighted by atomic mass is 15.2. The van der Waals surface area contributed by atoms with Crippen molar-refractivity contribution in [1.29, 1.82) is 0 Å². The zero-order valence-corrected chi connectivity index (χ0v) is 13.4. The number of fused-ring (bicyclic) bond motifs is 1. The Labute approximate surface area is 127 Å². The molecule has 0 bridgehead atoms. The van der Waals surface area contributed by atoms with Crippen LogP contribution in [-0.4, -0.2) is 38.6 Å². The van der Waals surface area contributed by atoms with Crippen LogP contribution < -0.4 is 0 Å². The summed E-state index contributed by atoms with van der Waals surface area (Å²) in [5, 5.41) is 0. The second-order valence-corrected chi connectivity index (χ2v) is 6.36. The lowest BCUT2D eigenvalue weighted by Crippen LogP contribution is -2.42. The fourth-order valence-electron chi connectivity index (χ4n) is 3.49. The lowest BCUT2D eigenvalue weighted by Gasteiger charge is -2.35. The number of imidazole rings is 1. The molecule has 4 heteroatoms. The van der Waals surface area contributed by atoms with Crippen molar-refractivity contribution in [2.75, 3.05) is 13.1 Å². The monoisotopic (exact) mass is 286 g/mol. The Hall–Kier alpha value is -1.42. The van der Waals surface area contributed by atoms with Crippen LogP contribution in [-0.2, 0) is 6.54 Å². The fraction of sp³-hybridized carbons (Fsp3) is 0.647. The van der Waals surface area contributed by atoms with E-state index in [9.17, 15) is 0 Å². The second-order valence-electron chi connectivity index (χ2n) is 6.36. The van der Waals surface area contributed by atoms with Crippen molar-refractivity contribution >= 4 is 11.2 Å². The third-order valence-electron chi connectivity index (χ3n) is 4.60. The minimum absolute atomic E-state index is 0.429. The fourth-order valence-corrected chi connectivity index (χ4v) is 3.49. The van der Waals surface area contributed by atoms with Gasteiger partial charge in [-0.1, -0.05) is 27.2 Å². The SMILES string of the molecule is CCN1CCCCC1Cn1c(C(C)C)nc2cccnc21. The summed E-state index contributed by atoms with van der Waals surface area (Å²) in [7, 11) is 0. The average molecular weight is 286 g/mol. The van der Waals surface area contributed by atoms with Gasteiger partial charge < -0.3 is 4.57 Å². The van der Waals surface area contributed by atoms with Gasteiger partial charge in [0.2, 0.25) is 0 Å². The molecule has 3 rings (SSSR count). The van der Waals surface area contributed by atoms with Crippen molar-refractivity contribution in [3.63, 3.8) is 0 Å². The van der Waals surface area contributed by atoms with Gasteiger partial charge in [0, 0.05) is 24.7 Å². The van der Waals surface area contributed by atoms with Gasteiger partial charge in [-0.3, -0.25) is 4.90 Å². The molecule has 0 aromatic carbocycles. The van der Waals surface area contributed by atoms with E-state index in [1.54, 1.807) is 0 Å². The van der Waals surface area contributed by atoms with Crippen LogP contribution in [0.15, 0.2) is 18.3 Å². The summed E-state index contributed by atoms with van der Waals surface area (Å²) < 4.78 is 2.36. The van der Waals surface area contributed by atoms with Crippen molar-refractivity contribution in [1.82, 2.24) is 19.4 Å². The molecule has 4 nitrogen and oxygen atoms in total. The van der Waals surface area contributed by atoms with E-state index >= 15 is 0 Å². The molecule has 1 unspecified atom stereocenters. The Balaban J connectivity index is 1.96. The Kier molecular flexibility index (Phi) is 4.24. The Morgan fingerprint density at radius 3 is 2.95 bits per heavy atom. The number of hydrogen-bond acceptors (Lipinski definition) is 3. The van der Waals surface area contributed by atoms with Gasteiger partial charge >= 0.3 is 0 Å². The number of aromatic nitrogens is 3. The van der Waals surface area contributed by atoms with E-state index in [-0.39, 0.29) is 0 Å². The molecular formula is C17H26N4. The molecule has 1 aliphatic heterocycles. The Bertz CT molecular complexity index is 602. The maximum absolute atomic E-state index is 4.81. The Morgan fingerprint density at radius 1 is 1.33 bits per heavy atom. The predicted molar refractivity (Wildman–Crippen MR) is 86.5 cm³/mol. The molecule has 2 aromatic heterocycles. The van der Waals surface area contributed by atoms with Crippen LogP contribution in [0.25, 0.3) is 11.2 Å². The highest BCUT2D eigenvalue weighted by molar-refractivity contribution is 5.71. The molecule has 0 aliphatic carbocycles. The van der Waals surface area contributed by atoms with Gasteiger partial charge in [0.25, 0.3) is 0 Å². The van der Waals surface area contributed by atoms with Gasteiger partial charge in [-0.15, -0.1) is 0 Å². The zero-order valence-electron chi connectivity index (χ0n) is 13.4. The summed E-state index contributed by atoms with van der Waals surface area (Å²) in [6, 6.07) is 4.67. The average Bonchev–Trinajstić information content (AvgIpc) is 2.87. The van der Waals surface area contributed by atoms with Crippen molar-refractivity contribution in [3.8, 4) is 0 Å². The first-order chi connectivity index (χ1) is 10.2. The molecule has 0 saturated carbocycles. The molecule has 21 heavy (non-hydrogen) atoms. The van der Waals surface area contributed by atoms with E-state index < -0.39 is 0 Å². The van der Waals surface area contributed by atoms with Crippen LogP contribution in [0, 0.1) is 0 Å². The number of piperidine rings is 1. The summed E-state index contributed by atoms with van der Waals surface area (Å²) in [5.74, 6) is 1.60. The number of rotatable bonds is 4. The highest BCUT2D eigenvalue weighted by Gasteiger charge is 2.24. The van der Waals surface area contributed by atoms with Gasteiger partial charge in [0.15, 0.2) is 5.65 Å². The number of nitrogens with zero attached hydrogens (tertiary/aromatic N) is 4. The highest BCUT2D eigenvalue weighted by Crippen LogP contribution is 2.24. The van der Waals surface area contributed by atoms with Crippen molar-refractivity contribution in [2.24, 2.45) is 0 Å². The van der Waals surface area contributed by atoms with Gasteiger partial charge in [0.1, 0.15) is 11.3 Å². The molecule has 114 valence electrons. The van der Waals surface area contributed by atoms with Crippen molar-refractivity contribution in [3.05, 3.63) is 24.2 Å². The molecule has 0 spiro atoms. The van der Waals surface area contributed by atoms with Crippen LogP contribution in [0.1, 0.15) is 51.8 Å². The molecule has 1 saturated heterocycles. The van der Waals surface area contributed by atoms with Gasteiger partial charge in [-0.25, -0.2) is 9.97 Å². The summed E-state index contributed by atoms with van der Waals surface area (Å²) in [5.41, 5.74) is 2.07. The summed E-state index contributed by atoms with van der Waals surface area (Å²) in [6.07, 6.45) is 5.85. The molecule has 0 N–H and O–H groups in total. The minimum Gasteiger partial charge on any atom is -0.311 e. The maximum Gasteiger partial charge on any atom is 0.160 e. The lowest BCUT2D eigenvalue weighted by atomic mass is 10.0. The second kappa shape index (κ2) is 6.14. The van der Waals surface area contributed by atoms with E-state index in [2.05, 4.69) is 41.3 Å². The maximum atomic E-state index is 4.81. The lowest BCUT2D eigenvalue weighted by molar-refractivity contribution is 0.140. The molecule has 1 atom stereocenters. The van der Waals surface area contributed by atoms with Gasteiger partial charge in [-0.2, -0.15) is 0 Å². The van der Waals surface area contributed by atoms with Crippen LogP contribution in [0.3, 0.4) is 0 Å². The Morgan fingerprint density at radius 2 is 2.19 bits per heavy atom. The van der Waals surface area contributed by atoms with Gasteiger partial charge in [0.05, 0.1) is 0 Å². The summed E-state index contributed by atoms with van der Waals surface area (Å²) in [6.45, 7) is 10.1. The van der Waals surface area contributed by atoms with E-state index in [1.807, 2.05) is 12.3 Å². The normalized spacial score (nSPS) is 20.5. The molecule has 0 amide bonds. The van der Waals surface area contributed by atoms with E-state index in [0.29, 0.717) is 12.0 Å². The third kappa shape index (κ3) is 2.82. The molecule has 0 radical (unpaired) electrons. The molecule has 1 fully saturated rings. The molecular weight excluding hydrogens is 260 g/mol. The number of likely N-dealkylation sites (N-methyl/N-ethyl adjacent to an activating group) is 1. The first-order valence-electron chi connectivity index (χ1n) is 8.26. The topological polar surface area (TPSA) is 34.0 Å². The van der Waals surface area contributed by atoms with E-state index in [4.69, 9.17) is 4.98 Å². The molecule has 3 heterocycles.